The lowest BCUT2D eigenvalue weighted by Crippen LogP contribution is -2.24. The number of benzene rings is 1. The number of hydrogen-bond acceptors (Lipinski definition) is 5. The van der Waals surface area contributed by atoms with Crippen LogP contribution in [0.3, 0.4) is 0 Å². The van der Waals surface area contributed by atoms with Gasteiger partial charge in [0.15, 0.2) is 11.5 Å². The lowest BCUT2D eigenvalue weighted by Gasteiger charge is -2.09. The molecular weight excluding hydrogens is 272 g/mol. The Kier molecular flexibility index (Phi) is 5.20. The third kappa shape index (κ3) is 3.98. The summed E-state index contributed by atoms with van der Waals surface area (Å²) in [5.74, 6) is 0.998. The highest BCUT2D eigenvalue weighted by Gasteiger charge is 2.10. The van der Waals surface area contributed by atoms with Crippen molar-refractivity contribution in [1.29, 1.82) is 0 Å². The maximum absolute atomic E-state index is 12.0. The van der Waals surface area contributed by atoms with Gasteiger partial charge in [0.05, 0.1) is 20.4 Å². The molecule has 0 fully saturated rings. The molecule has 6 nitrogen and oxygen atoms in total. The van der Waals surface area contributed by atoms with E-state index in [0.29, 0.717) is 23.6 Å². The average molecular weight is 290 g/mol. The van der Waals surface area contributed by atoms with Crippen LogP contribution in [0.2, 0.25) is 0 Å². The lowest BCUT2D eigenvalue weighted by molar-refractivity contribution is 0.0953. The molecule has 0 bridgehead atoms. The van der Waals surface area contributed by atoms with Crippen molar-refractivity contribution in [1.82, 2.24) is 10.5 Å². The SMILES string of the molecule is COc1ccc(C(=O)NCCCc2cnoc2)cc1OC. The number of carbonyl (C=O) groups is 1. The predicted octanol–water partition coefficient (Wildman–Crippen LogP) is 2.05. The first-order valence-electron chi connectivity index (χ1n) is 6.63. The maximum Gasteiger partial charge on any atom is 0.251 e. The lowest BCUT2D eigenvalue weighted by atomic mass is 10.1. The highest BCUT2D eigenvalue weighted by molar-refractivity contribution is 5.94. The van der Waals surface area contributed by atoms with Crippen molar-refractivity contribution < 1.29 is 18.8 Å². The summed E-state index contributed by atoms with van der Waals surface area (Å²) in [6.45, 7) is 0.582. The second kappa shape index (κ2) is 7.33. The van der Waals surface area contributed by atoms with E-state index in [4.69, 9.17) is 14.0 Å². The summed E-state index contributed by atoms with van der Waals surface area (Å²) in [5.41, 5.74) is 1.56. The van der Waals surface area contributed by atoms with Crippen molar-refractivity contribution in [2.24, 2.45) is 0 Å². The second-order valence-corrected chi connectivity index (χ2v) is 4.46. The number of aromatic nitrogens is 1. The third-order valence-electron chi connectivity index (χ3n) is 3.06. The Morgan fingerprint density at radius 2 is 2.10 bits per heavy atom. The number of amides is 1. The summed E-state index contributed by atoms with van der Waals surface area (Å²) in [4.78, 5) is 12.0. The second-order valence-electron chi connectivity index (χ2n) is 4.46. The van der Waals surface area contributed by atoms with Gasteiger partial charge < -0.3 is 19.3 Å². The Morgan fingerprint density at radius 3 is 2.76 bits per heavy atom. The zero-order valence-electron chi connectivity index (χ0n) is 12.1. The molecule has 0 aliphatic heterocycles. The molecule has 6 heteroatoms. The van der Waals surface area contributed by atoms with E-state index in [2.05, 4.69) is 10.5 Å². The maximum atomic E-state index is 12.0. The number of aryl methyl sites for hydroxylation is 1. The minimum absolute atomic E-state index is 0.138. The minimum Gasteiger partial charge on any atom is -0.493 e. The monoisotopic (exact) mass is 290 g/mol. The average Bonchev–Trinajstić information content (AvgIpc) is 3.04. The fourth-order valence-corrected chi connectivity index (χ4v) is 1.92. The smallest absolute Gasteiger partial charge is 0.251 e. The van der Waals surface area contributed by atoms with E-state index in [1.807, 2.05) is 0 Å². The van der Waals surface area contributed by atoms with Crippen LogP contribution in [0.1, 0.15) is 22.3 Å². The van der Waals surface area contributed by atoms with Gasteiger partial charge in [-0.25, -0.2) is 0 Å². The number of rotatable bonds is 7. The minimum atomic E-state index is -0.138. The van der Waals surface area contributed by atoms with Gasteiger partial charge in [0.25, 0.3) is 5.91 Å². The Hall–Kier alpha value is -2.50. The number of nitrogens with zero attached hydrogens (tertiary/aromatic N) is 1. The van der Waals surface area contributed by atoms with Crippen LogP contribution in [0.4, 0.5) is 0 Å². The molecule has 0 saturated carbocycles. The van der Waals surface area contributed by atoms with Gasteiger partial charge in [-0.1, -0.05) is 5.16 Å². The van der Waals surface area contributed by atoms with Crippen molar-refractivity contribution >= 4 is 5.91 Å². The van der Waals surface area contributed by atoms with Crippen LogP contribution in [0.15, 0.2) is 35.2 Å². The van der Waals surface area contributed by atoms with Gasteiger partial charge in [-0.3, -0.25) is 4.79 Å². The normalized spacial score (nSPS) is 10.2. The van der Waals surface area contributed by atoms with Crippen molar-refractivity contribution in [2.75, 3.05) is 20.8 Å². The molecule has 0 unspecified atom stereocenters. The Labute approximate surface area is 123 Å². The molecule has 0 radical (unpaired) electrons. The Morgan fingerprint density at radius 1 is 1.29 bits per heavy atom. The molecule has 21 heavy (non-hydrogen) atoms. The molecule has 1 amide bonds. The largest absolute Gasteiger partial charge is 0.493 e. The standard InChI is InChI=1S/C15H18N2O4/c1-19-13-6-5-12(8-14(13)20-2)15(18)16-7-3-4-11-9-17-21-10-11/h5-6,8-10H,3-4,7H2,1-2H3,(H,16,18). The van der Waals surface area contributed by atoms with Gasteiger partial charge in [-0.2, -0.15) is 0 Å². The van der Waals surface area contributed by atoms with E-state index >= 15 is 0 Å². The fourth-order valence-electron chi connectivity index (χ4n) is 1.92. The summed E-state index contributed by atoms with van der Waals surface area (Å²) in [6, 6.07) is 5.08. The quantitative estimate of drug-likeness (QED) is 0.790. The topological polar surface area (TPSA) is 73.6 Å². The van der Waals surface area contributed by atoms with Gasteiger partial charge >= 0.3 is 0 Å². The van der Waals surface area contributed by atoms with Crippen LogP contribution in [0.5, 0.6) is 11.5 Å². The number of methoxy groups -OCH3 is 2. The number of carbonyl (C=O) groups excluding carboxylic acids is 1. The number of ether oxygens (including phenoxy) is 2. The first-order valence-corrected chi connectivity index (χ1v) is 6.63. The van der Waals surface area contributed by atoms with E-state index in [-0.39, 0.29) is 5.91 Å². The van der Waals surface area contributed by atoms with E-state index in [9.17, 15) is 4.79 Å². The molecule has 2 aromatic rings. The van der Waals surface area contributed by atoms with Crippen LogP contribution < -0.4 is 14.8 Å². The van der Waals surface area contributed by atoms with Crippen molar-refractivity contribution in [3.05, 3.63) is 41.8 Å². The highest BCUT2D eigenvalue weighted by Crippen LogP contribution is 2.27. The predicted molar refractivity (Wildman–Crippen MR) is 76.7 cm³/mol. The molecule has 1 aromatic heterocycles. The van der Waals surface area contributed by atoms with Gasteiger partial charge in [0.2, 0.25) is 0 Å². The summed E-state index contributed by atoms with van der Waals surface area (Å²) >= 11 is 0. The molecular formula is C15H18N2O4. The van der Waals surface area contributed by atoms with E-state index in [1.54, 1.807) is 44.9 Å². The molecule has 0 spiro atoms. The summed E-state index contributed by atoms with van der Waals surface area (Å²) < 4.78 is 15.1. The van der Waals surface area contributed by atoms with Gasteiger partial charge in [-0.15, -0.1) is 0 Å². The third-order valence-corrected chi connectivity index (χ3v) is 3.06. The molecule has 1 heterocycles. The summed E-state index contributed by atoms with van der Waals surface area (Å²) in [7, 11) is 3.10. The van der Waals surface area contributed by atoms with Crippen LogP contribution in [0, 0.1) is 0 Å². The number of nitrogens with one attached hydrogen (secondary N) is 1. The van der Waals surface area contributed by atoms with E-state index in [1.165, 1.54) is 0 Å². The van der Waals surface area contributed by atoms with E-state index in [0.717, 1.165) is 18.4 Å². The molecule has 0 atom stereocenters. The van der Waals surface area contributed by atoms with Crippen LogP contribution in [-0.2, 0) is 6.42 Å². The Bertz CT molecular complexity index is 581. The molecule has 1 N–H and O–H groups in total. The van der Waals surface area contributed by atoms with Crippen LogP contribution in [0.25, 0.3) is 0 Å². The first kappa shape index (κ1) is 14.9. The molecule has 112 valence electrons. The molecule has 0 saturated heterocycles. The Balaban J connectivity index is 1.85. The molecule has 0 aliphatic carbocycles. The summed E-state index contributed by atoms with van der Waals surface area (Å²) in [5, 5.41) is 6.49. The van der Waals surface area contributed by atoms with Crippen molar-refractivity contribution in [3.8, 4) is 11.5 Å². The van der Waals surface area contributed by atoms with Crippen molar-refractivity contribution in [2.45, 2.75) is 12.8 Å². The van der Waals surface area contributed by atoms with Crippen LogP contribution in [-0.4, -0.2) is 31.8 Å². The fraction of sp³-hybridized carbons (Fsp3) is 0.333. The molecule has 0 aliphatic rings. The zero-order chi connectivity index (χ0) is 15.1. The van der Waals surface area contributed by atoms with Crippen molar-refractivity contribution in [3.63, 3.8) is 0 Å². The highest BCUT2D eigenvalue weighted by atomic mass is 16.5. The molecule has 1 aromatic carbocycles. The molecule has 2 rings (SSSR count). The number of hydrogen-bond donors (Lipinski definition) is 1. The summed E-state index contributed by atoms with van der Waals surface area (Å²) in [6.07, 6.45) is 4.92. The van der Waals surface area contributed by atoms with Gasteiger partial charge in [0, 0.05) is 17.7 Å². The zero-order valence-corrected chi connectivity index (χ0v) is 12.1. The van der Waals surface area contributed by atoms with Crippen LogP contribution >= 0.6 is 0 Å². The first-order chi connectivity index (χ1) is 10.2. The van der Waals surface area contributed by atoms with E-state index < -0.39 is 0 Å². The van der Waals surface area contributed by atoms with Gasteiger partial charge in [-0.05, 0) is 31.0 Å². The van der Waals surface area contributed by atoms with Gasteiger partial charge in [0.1, 0.15) is 6.26 Å².